The summed E-state index contributed by atoms with van der Waals surface area (Å²) in [5.41, 5.74) is 2.03. The molecule has 0 aromatic heterocycles. The van der Waals surface area contributed by atoms with E-state index in [-0.39, 0.29) is 0 Å². The summed E-state index contributed by atoms with van der Waals surface area (Å²) >= 11 is 3.33. The maximum atomic E-state index is 12.9. The van der Waals surface area contributed by atoms with Gasteiger partial charge in [-0.05, 0) is 47.9 Å². The Kier molecular flexibility index (Phi) is 4.85. The number of benzene rings is 2. The van der Waals surface area contributed by atoms with Crippen LogP contribution in [-0.2, 0) is 23.0 Å². The molecule has 0 amide bonds. The van der Waals surface area contributed by atoms with Crippen molar-refractivity contribution in [3.63, 3.8) is 0 Å². The summed E-state index contributed by atoms with van der Waals surface area (Å²) in [7, 11) is -0.364. The molecule has 2 aromatic carbocycles. The molecule has 0 fully saturated rings. The van der Waals surface area contributed by atoms with Crippen molar-refractivity contribution in [2.75, 3.05) is 20.8 Å². The van der Waals surface area contributed by atoms with Crippen LogP contribution in [0.1, 0.15) is 11.1 Å². The van der Waals surface area contributed by atoms with Gasteiger partial charge in [0.05, 0.1) is 19.1 Å². The molecule has 1 heterocycles. The number of sulfonamides is 1. The first-order valence-corrected chi connectivity index (χ1v) is 9.68. The van der Waals surface area contributed by atoms with Gasteiger partial charge in [0.15, 0.2) is 11.5 Å². The van der Waals surface area contributed by atoms with Crippen molar-refractivity contribution in [3.05, 3.63) is 52.0 Å². The van der Waals surface area contributed by atoms with Crippen LogP contribution < -0.4 is 9.47 Å². The molecule has 1 aliphatic rings. The van der Waals surface area contributed by atoms with E-state index >= 15 is 0 Å². The van der Waals surface area contributed by atoms with Crippen molar-refractivity contribution in [3.8, 4) is 11.5 Å². The van der Waals surface area contributed by atoms with Gasteiger partial charge >= 0.3 is 0 Å². The van der Waals surface area contributed by atoms with Gasteiger partial charge in [-0.2, -0.15) is 4.31 Å². The largest absolute Gasteiger partial charge is 0.493 e. The Bertz CT molecular complexity index is 867. The van der Waals surface area contributed by atoms with Crippen molar-refractivity contribution in [1.82, 2.24) is 4.31 Å². The van der Waals surface area contributed by atoms with Gasteiger partial charge < -0.3 is 9.47 Å². The SMILES string of the molecule is COc1cc2c(cc1OC)CN(S(=O)(=O)c1cccc(Br)c1)CC2. The van der Waals surface area contributed by atoms with E-state index in [1.54, 1.807) is 32.4 Å². The Morgan fingerprint density at radius 1 is 1.04 bits per heavy atom. The number of methoxy groups -OCH3 is 2. The minimum atomic E-state index is -3.53. The molecule has 128 valence electrons. The zero-order chi connectivity index (χ0) is 17.3. The van der Waals surface area contributed by atoms with E-state index in [9.17, 15) is 8.42 Å². The van der Waals surface area contributed by atoms with Crippen LogP contribution in [0.5, 0.6) is 11.5 Å². The van der Waals surface area contributed by atoms with Crippen LogP contribution in [0.4, 0.5) is 0 Å². The molecule has 0 N–H and O–H groups in total. The van der Waals surface area contributed by atoms with Crippen LogP contribution in [-0.4, -0.2) is 33.5 Å². The number of hydrogen-bond acceptors (Lipinski definition) is 4. The first kappa shape index (κ1) is 17.3. The summed E-state index contributed by atoms with van der Waals surface area (Å²) in [6.07, 6.45) is 0.642. The third-order valence-corrected chi connectivity index (χ3v) is 6.45. The third kappa shape index (κ3) is 3.16. The molecule has 0 radical (unpaired) electrons. The molecule has 0 atom stereocenters. The standard InChI is InChI=1S/C17H18BrNO4S/c1-22-16-8-12-6-7-19(11-13(12)9-17(16)23-2)24(20,21)15-5-3-4-14(18)10-15/h3-5,8-10H,6-7,11H2,1-2H3. The maximum Gasteiger partial charge on any atom is 0.243 e. The molecule has 0 unspecified atom stereocenters. The fourth-order valence-corrected chi connectivity index (χ4v) is 4.86. The van der Waals surface area contributed by atoms with E-state index in [4.69, 9.17) is 9.47 Å². The van der Waals surface area contributed by atoms with E-state index in [2.05, 4.69) is 15.9 Å². The third-order valence-electron chi connectivity index (χ3n) is 4.12. The lowest BCUT2D eigenvalue weighted by Gasteiger charge is -2.29. The molecule has 3 rings (SSSR count). The summed E-state index contributed by atoms with van der Waals surface area (Å²) in [6.45, 7) is 0.766. The fourth-order valence-electron chi connectivity index (χ4n) is 2.84. The van der Waals surface area contributed by atoms with Crippen LogP contribution in [0.25, 0.3) is 0 Å². The molecule has 24 heavy (non-hydrogen) atoms. The molecular weight excluding hydrogens is 394 g/mol. The number of halogens is 1. The maximum absolute atomic E-state index is 12.9. The zero-order valence-electron chi connectivity index (χ0n) is 13.5. The Morgan fingerprint density at radius 2 is 1.71 bits per heavy atom. The lowest BCUT2D eigenvalue weighted by atomic mass is 10.0. The van der Waals surface area contributed by atoms with Crippen molar-refractivity contribution in [1.29, 1.82) is 0 Å². The second kappa shape index (κ2) is 6.74. The average molecular weight is 412 g/mol. The first-order chi connectivity index (χ1) is 11.5. The zero-order valence-corrected chi connectivity index (χ0v) is 15.9. The van der Waals surface area contributed by atoms with Gasteiger partial charge in [-0.3, -0.25) is 0 Å². The molecule has 2 aromatic rings. The molecule has 0 aliphatic carbocycles. The van der Waals surface area contributed by atoms with Crippen LogP contribution in [0, 0.1) is 0 Å². The van der Waals surface area contributed by atoms with Crippen molar-refractivity contribution < 1.29 is 17.9 Å². The average Bonchev–Trinajstić information content (AvgIpc) is 2.59. The highest BCUT2D eigenvalue weighted by Gasteiger charge is 2.29. The topological polar surface area (TPSA) is 55.8 Å². The molecule has 7 heteroatoms. The Hall–Kier alpha value is -1.57. The molecule has 0 bridgehead atoms. The number of hydrogen-bond donors (Lipinski definition) is 0. The second-order valence-electron chi connectivity index (χ2n) is 5.52. The van der Waals surface area contributed by atoms with Gasteiger partial charge in [-0.25, -0.2) is 8.42 Å². The predicted octanol–water partition coefficient (Wildman–Crippen LogP) is 3.21. The molecule has 0 saturated carbocycles. The smallest absolute Gasteiger partial charge is 0.243 e. The van der Waals surface area contributed by atoms with Gasteiger partial charge in [0.1, 0.15) is 0 Å². The van der Waals surface area contributed by atoms with Crippen LogP contribution in [0.15, 0.2) is 45.8 Å². The van der Waals surface area contributed by atoms with Crippen LogP contribution >= 0.6 is 15.9 Å². The summed E-state index contributed by atoms with van der Waals surface area (Å²) in [5.74, 6) is 1.28. The Morgan fingerprint density at radius 3 is 2.33 bits per heavy atom. The summed E-state index contributed by atoms with van der Waals surface area (Å²) in [6, 6.07) is 10.6. The van der Waals surface area contributed by atoms with Crippen LogP contribution in [0.2, 0.25) is 0 Å². The van der Waals surface area contributed by atoms with E-state index < -0.39 is 10.0 Å². The molecule has 0 saturated heterocycles. The molecule has 1 aliphatic heterocycles. The van der Waals surface area contributed by atoms with Crippen molar-refractivity contribution >= 4 is 26.0 Å². The van der Waals surface area contributed by atoms with E-state index in [0.29, 0.717) is 35.9 Å². The summed E-state index contributed by atoms with van der Waals surface area (Å²) in [5, 5.41) is 0. The van der Waals surface area contributed by atoms with Gasteiger partial charge in [0, 0.05) is 17.6 Å². The van der Waals surface area contributed by atoms with Gasteiger partial charge in [0.25, 0.3) is 0 Å². The minimum Gasteiger partial charge on any atom is -0.493 e. The highest BCUT2D eigenvalue weighted by atomic mass is 79.9. The highest BCUT2D eigenvalue weighted by Crippen LogP contribution is 2.34. The van der Waals surface area contributed by atoms with Gasteiger partial charge in [-0.1, -0.05) is 22.0 Å². The fraction of sp³-hybridized carbons (Fsp3) is 0.294. The molecule has 5 nitrogen and oxygen atoms in total. The molecule has 0 spiro atoms. The summed E-state index contributed by atoms with van der Waals surface area (Å²) < 4.78 is 38.6. The van der Waals surface area contributed by atoms with Gasteiger partial charge in [-0.15, -0.1) is 0 Å². The lowest BCUT2D eigenvalue weighted by Crippen LogP contribution is -2.36. The predicted molar refractivity (Wildman–Crippen MR) is 95.0 cm³/mol. The molecular formula is C17H18BrNO4S. The van der Waals surface area contributed by atoms with Gasteiger partial charge in [0.2, 0.25) is 10.0 Å². The van der Waals surface area contributed by atoms with E-state index in [0.717, 1.165) is 15.6 Å². The number of rotatable bonds is 4. The number of fused-ring (bicyclic) bond motifs is 1. The normalized spacial score (nSPS) is 15.0. The minimum absolute atomic E-state index is 0.292. The van der Waals surface area contributed by atoms with Crippen molar-refractivity contribution in [2.45, 2.75) is 17.9 Å². The quantitative estimate of drug-likeness (QED) is 0.774. The highest BCUT2D eigenvalue weighted by molar-refractivity contribution is 9.10. The monoisotopic (exact) mass is 411 g/mol. The Balaban J connectivity index is 1.94. The Labute approximate surface area is 150 Å². The van der Waals surface area contributed by atoms with Crippen LogP contribution in [0.3, 0.4) is 0 Å². The van der Waals surface area contributed by atoms with Crippen molar-refractivity contribution in [2.24, 2.45) is 0 Å². The number of nitrogens with zero attached hydrogens (tertiary/aromatic N) is 1. The van der Waals surface area contributed by atoms with E-state index in [1.165, 1.54) is 4.31 Å². The lowest BCUT2D eigenvalue weighted by molar-refractivity contribution is 0.348. The first-order valence-electron chi connectivity index (χ1n) is 7.45. The van der Waals surface area contributed by atoms with E-state index in [1.807, 2.05) is 18.2 Å². The number of ether oxygens (including phenoxy) is 2. The second-order valence-corrected chi connectivity index (χ2v) is 8.38. The summed E-state index contributed by atoms with van der Waals surface area (Å²) in [4.78, 5) is 0.292.